The maximum Gasteiger partial charge on any atom is 0.272 e. The van der Waals surface area contributed by atoms with E-state index in [4.69, 9.17) is 21.1 Å². The zero-order valence-corrected chi connectivity index (χ0v) is 28.6. The molecule has 3 N–H and O–H groups in total. The van der Waals surface area contributed by atoms with Gasteiger partial charge >= 0.3 is 0 Å². The zero-order valence-electron chi connectivity index (χ0n) is 27.0. The summed E-state index contributed by atoms with van der Waals surface area (Å²) < 4.78 is 10.8. The van der Waals surface area contributed by atoms with Gasteiger partial charge in [-0.3, -0.25) is 14.4 Å². The first-order valence-electron chi connectivity index (χ1n) is 15.2. The lowest BCUT2D eigenvalue weighted by atomic mass is 10.1. The van der Waals surface area contributed by atoms with Crippen LogP contribution in [0.4, 0.5) is 11.4 Å². The van der Waals surface area contributed by atoms with Crippen molar-refractivity contribution in [2.24, 2.45) is 0 Å². The third kappa shape index (κ3) is 9.10. The Hall–Kier alpha value is -5.51. The number of amides is 3. The molecular weight excluding hydrogens is 658 g/mol. The lowest BCUT2D eigenvalue weighted by Gasteiger charge is -2.18. The molecule has 248 valence electrons. The quantitative estimate of drug-likeness (QED) is 0.0895. The summed E-state index contributed by atoms with van der Waals surface area (Å²) in [6, 6.07) is 35.8. The number of hydrogen-bond donors (Lipinski definition) is 3. The number of halogens is 1. The second-order valence-corrected chi connectivity index (χ2v) is 12.4. The highest BCUT2D eigenvalue weighted by molar-refractivity contribution is 8.00. The summed E-state index contributed by atoms with van der Waals surface area (Å²) in [6.07, 6.45) is 1.53. The number of hydrogen-bond acceptors (Lipinski definition) is 6. The molecule has 0 bridgehead atoms. The molecule has 1 unspecified atom stereocenters. The molecule has 0 saturated carbocycles. The summed E-state index contributed by atoms with van der Waals surface area (Å²) in [5.41, 5.74) is 3.67. The van der Waals surface area contributed by atoms with E-state index in [1.165, 1.54) is 32.1 Å². The average Bonchev–Trinajstić information content (AvgIpc) is 3.13. The number of anilines is 2. The van der Waals surface area contributed by atoms with Crippen molar-refractivity contribution in [1.29, 1.82) is 0 Å². The Balaban J connectivity index is 1.37. The van der Waals surface area contributed by atoms with Crippen LogP contribution in [0.1, 0.15) is 32.3 Å². The first-order chi connectivity index (χ1) is 23.7. The van der Waals surface area contributed by atoms with Crippen LogP contribution in [-0.2, 0) is 9.59 Å². The fourth-order valence-corrected chi connectivity index (χ4v) is 6.04. The largest absolute Gasteiger partial charge is 0.497 e. The lowest BCUT2D eigenvalue weighted by molar-refractivity contribution is -0.116. The van der Waals surface area contributed by atoms with Gasteiger partial charge in [0, 0.05) is 32.4 Å². The van der Waals surface area contributed by atoms with Gasteiger partial charge in [-0.05, 0) is 90.9 Å². The van der Waals surface area contributed by atoms with Crippen molar-refractivity contribution in [3.05, 3.63) is 154 Å². The van der Waals surface area contributed by atoms with Gasteiger partial charge in [-0.1, -0.05) is 66.2 Å². The van der Waals surface area contributed by atoms with Gasteiger partial charge < -0.3 is 25.4 Å². The normalized spacial score (nSPS) is 11.6. The Bertz CT molecular complexity index is 1970. The monoisotopic (exact) mass is 691 g/mol. The SMILES string of the molecule is COc1ccc(OC)c(/C=C(\NC(=O)c2ccccc2)C(=O)Nc2ccc(SC(C(=O)Nc3cccc(Cl)c3C)c3ccccc3)cc2)c1. The van der Waals surface area contributed by atoms with Gasteiger partial charge in [0.2, 0.25) is 5.91 Å². The molecule has 1 atom stereocenters. The first kappa shape index (κ1) is 34.8. The fourth-order valence-electron chi connectivity index (χ4n) is 4.84. The third-order valence-electron chi connectivity index (χ3n) is 7.50. The number of carbonyl (C=O) groups excluding carboxylic acids is 3. The van der Waals surface area contributed by atoms with Crippen LogP contribution in [0, 0.1) is 6.92 Å². The fraction of sp³-hybridized carbons (Fsp3) is 0.103. The first-order valence-corrected chi connectivity index (χ1v) is 16.5. The van der Waals surface area contributed by atoms with E-state index >= 15 is 0 Å². The Morgan fingerprint density at radius 1 is 0.776 bits per heavy atom. The summed E-state index contributed by atoms with van der Waals surface area (Å²) in [4.78, 5) is 41.2. The van der Waals surface area contributed by atoms with Crippen LogP contribution >= 0.6 is 23.4 Å². The molecule has 5 aromatic rings. The van der Waals surface area contributed by atoms with Crippen molar-refractivity contribution in [3.8, 4) is 11.5 Å². The summed E-state index contributed by atoms with van der Waals surface area (Å²) in [5.74, 6) is -0.152. The highest BCUT2D eigenvalue weighted by atomic mass is 35.5. The smallest absolute Gasteiger partial charge is 0.272 e. The van der Waals surface area contributed by atoms with E-state index in [0.717, 1.165) is 16.0 Å². The molecule has 0 aliphatic rings. The molecule has 0 radical (unpaired) electrons. The zero-order chi connectivity index (χ0) is 34.8. The minimum atomic E-state index is -0.569. The summed E-state index contributed by atoms with van der Waals surface area (Å²) in [6.45, 7) is 1.86. The molecule has 0 saturated heterocycles. The van der Waals surface area contributed by atoms with E-state index in [2.05, 4.69) is 16.0 Å². The van der Waals surface area contributed by atoms with Crippen molar-refractivity contribution in [2.45, 2.75) is 17.1 Å². The maximum absolute atomic E-state index is 13.7. The minimum Gasteiger partial charge on any atom is -0.497 e. The number of nitrogens with one attached hydrogen (secondary N) is 3. The summed E-state index contributed by atoms with van der Waals surface area (Å²) in [7, 11) is 3.06. The van der Waals surface area contributed by atoms with Gasteiger partial charge in [0.05, 0.1) is 14.2 Å². The third-order valence-corrected chi connectivity index (χ3v) is 9.17. The summed E-state index contributed by atoms with van der Waals surface area (Å²) in [5, 5.41) is 8.64. The molecule has 3 amide bonds. The Morgan fingerprint density at radius 3 is 2.14 bits per heavy atom. The number of benzene rings is 5. The maximum atomic E-state index is 13.7. The molecule has 0 heterocycles. The van der Waals surface area contributed by atoms with Crippen molar-refractivity contribution in [1.82, 2.24) is 5.32 Å². The molecule has 5 aromatic carbocycles. The molecule has 0 spiro atoms. The van der Waals surface area contributed by atoms with E-state index < -0.39 is 17.1 Å². The summed E-state index contributed by atoms with van der Waals surface area (Å²) >= 11 is 7.67. The molecule has 5 rings (SSSR count). The van der Waals surface area contributed by atoms with Crippen molar-refractivity contribution in [2.75, 3.05) is 24.9 Å². The predicted molar refractivity (Wildman–Crippen MR) is 196 cm³/mol. The number of thioether (sulfide) groups is 1. The van der Waals surface area contributed by atoms with Crippen LogP contribution < -0.4 is 25.4 Å². The van der Waals surface area contributed by atoms with Crippen LogP contribution in [0.2, 0.25) is 5.02 Å². The number of ether oxygens (including phenoxy) is 2. The van der Waals surface area contributed by atoms with E-state index in [0.29, 0.717) is 39.0 Å². The van der Waals surface area contributed by atoms with Gasteiger partial charge in [0.25, 0.3) is 11.8 Å². The van der Waals surface area contributed by atoms with Crippen LogP contribution in [-0.4, -0.2) is 31.9 Å². The van der Waals surface area contributed by atoms with Crippen molar-refractivity contribution in [3.63, 3.8) is 0 Å². The Morgan fingerprint density at radius 2 is 1.47 bits per heavy atom. The van der Waals surface area contributed by atoms with Crippen molar-refractivity contribution >= 4 is 58.5 Å². The van der Waals surface area contributed by atoms with Crippen LogP contribution in [0.15, 0.2) is 132 Å². The van der Waals surface area contributed by atoms with Crippen molar-refractivity contribution < 1.29 is 23.9 Å². The van der Waals surface area contributed by atoms with E-state index in [1.54, 1.807) is 72.8 Å². The molecule has 49 heavy (non-hydrogen) atoms. The Kier molecular flexibility index (Phi) is 11.8. The molecular formula is C39H34ClN3O5S. The van der Waals surface area contributed by atoms with Crippen LogP contribution in [0.5, 0.6) is 11.5 Å². The van der Waals surface area contributed by atoms with Gasteiger partial charge in [0.1, 0.15) is 22.4 Å². The molecule has 0 aromatic heterocycles. The van der Waals surface area contributed by atoms with E-state index in [-0.39, 0.29) is 11.6 Å². The second-order valence-electron chi connectivity index (χ2n) is 10.8. The minimum absolute atomic E-state index is 0.00372. The van der Waals surface area contributed by atoms with Gasteiger partial charge in [0.15, 0.2) is 0 Å². The van der Waals surface area contributed by atoms with Gasteiger partial charge in [-0.15, -0.1) is 11.8 Å². The molecule has 0 aliphatic heterocycles. The highest BCUT2D eigenvalue weighted by Gasteiger charge is 2.23. The average molecular weight is 692 g/mol. The second kappa shape index (κ2) is 16.5. The van der Waals surface area contributed by atoms with Crippen LogP contribution in [0.25, 0.3) is 6.08 Å². The number of rotatable bonds is 12. The van der Waals surface area contributed by atoms with Gasteiger partial charge in [-0.2, -0.15) is 0 Å². The van der Waals surface area contributed by atoms with E-state index in [1.807, 2.05) is 55.5 Å². The molecule has 10 heteroatoms. The molecule has 0 fully saturated rings. The molecule has 0 aliphatic carbocycles. The van der Waals surface area contributed by atoms with Crippen LogP contribution in [0.3, 0.4) is 0 Å². The highest BCUT2D eigenvalue weighted by Crippen LogP contribution is 2.37. The predicted octanol–water partition coefficient (Wildman–Crippen LogP) is 8.55. The number of carbonyl (C=O) groups is 3. The Labute approximate surface area is 294 Å². The standard InChI is InChI=1S/C39H34ClN3O5S/c1-25-32(40)15-10-16-33(25)42-39(46)36(26-11-6-4-7-12-26)49-31-20-17-29(18-21-31)41-38(45)34(43-37(44)27-13-8-5-9-14-27)24-28-23-30(47-2)19-22-35(28)48-3/h4-24,36H,1-3H3,(H,41,45)(H,42,46)(H,43,44)/b34-24-. The topological polar surface area (TPSA) is 106 Å². The lowest BCUT2D eigenvalue weighted by Crippen LogP contribution is -2.30. The molecule has 8 nitrogen and oxygen atoms in total. The number of methoxy groups -OCH3 is 2. The van der Waals surface area contributed by atoms with E-state index in [9.17, 15) is 14.4 Å². The van der Waals surface area contributed by atoms with Gasteiger partial charge in [-0.25, -0.2) is 0 Å².